The van der Waals surface area contributed by atoms with E-state index in [1.165, 1.54) is 0 Å². The Morgan fingerprint density at radius 3 is 1.90 bits per heavy atom. The van der Waals surface area contributed by atoms with Crippen LogP contribution in [0.25, 0.3) is 87.3 Å². The van der Waals surface area contributed by atoms with Crippen LogP contribution in [0.15, 0.2) is 150 Å². The summed E-state index contributed by atoms with van der Waals surface area (Å²) >= 11 is 0. The smallest absolute Gasteiger partial charge is 0.136 e. The minimum absolute atomic E-state index is 0.0631. The third-order valence-electron chi connectivity index (χ3n) is 8.26. The fourth-order valence-electron chi connectivity index (χ4n) is 6.39. The fraction of sp³-hybridized carbons (Fsp3) is 0. The molecule has 0 unspecified atom stereocenters. The standard InChI is InChI=1S/C40H24O/c1-2-10-29-24-37-35(23-28(29)9-1)40-33(14-7-15-36(40)41-37)26-16-19-27(20-17-26)38-34-13-6-4-11-30(34)22-31-21-18-25-8-3-5-12-32(25)39(31)38/h1-24H/i16D,17D,19D,20D. The number of rotatable bonds is 2. The van der Waals surface area contributed by atoms with Gasteiger partial charge in [0.05, 0.1) is 5.48 Å². The van der Waals surface area contributed by atoms with Crippen LogP contribution < -0.4 is 0 Å². The van der Waals surface area contributed by atoms with Gasteiger partial charge in [0.25, 0.3) is 0 Å². The van der Waals surface area contributed by atoms with Gasteiger partial charge in [0.1, 0.15) is 11.2 Å². The van der Waals surface area contributed by atoms with Crippen molar-refractivity contribution in [3.8, 4) is 22.3 Å². The molecule has 0 atom stereocenters. The molecule has 0 radical (unpaired) electrons. The Balaban J connectivity index is 1.40. The summed E-state index contributed by atoms with van der Waals surface area (Å²) in [6, 6.07) is 39.9. The molecule has 0 saturated heterocycles. The Hall–Kier alpha value is -5.40. The van der Waals surface area contributed by atoms with Crippen LogP contribution in [0.4, 0.5) is 0 Å². The summed E-state index contributed by atoms with van der Waals surface area (Å²) in [4.78, 5) is 0. The largest absolute Gasteiger partial charge is 0.456 e. The maximum atomic E-state index is 9.45. The lowest BCUT2D eigenvalue weighted by molar-refractivity contribution is 0.669. The fourth-order valence-corrected chi connectivity index (χ4v) is 6.39. The van der Waals surface area contributed by atoms with Crippen molar-refractivity contribution < 1.29 is 9.90 Å². The summed E-state index contributed by atoms with van der Waals surface area (Å²) in [6.45, 7) is 0. The normalized spacial score (nSPS) is 13.3. The lowest BCUT2D eigenvalue weighted by Gasteiger charge is -2.15. The lowest BCUT2D eigenvalue weighted by atomic mass is 9.88. The molecular weight excluding hydrogens is 496 g/mol. The van der Waals surface area contributed by atoms with E-state index >= 15 is 0 Å². The molecular formula is C40H24O. The molecule has 0 fully saturated rings. The van der Waals surface area contributed by atoms with Crippen molar-refractivity contribution in [3.05, 3.63) is 145 Å². The van der Waals surface area contributed by atoms with E-state index in [-0.39, 0.29) is 29.7 Å². The monoisotopic (exact) mass is 524 g/mol. The molecule has 1 nitrogen and oxygen atoms in total. The first-order chi connectivity index (χ1) is 22.0. The molecule has 1 heteroatoms. The summed E-state index contributed by atoms with van der Waals surface area (Å²) in [5.74, 6) is 0. The molecule has 0 aliphatic carbocycles. The summed E-state index contributed by atoms with van der Waals surface area (Å²) in [5, 5.41) is 9.66. The molecule has 0 aliphatic rings. The molecule has 8 aromatic carbocycles. The molecule has 1 heterocycles. The van der Waals surface area contributed by atoms with Gasteiger partial charge < -0.3 is 4.42 Å². The topological polar surface area (TPSA) is 13.1 Å². The third-order valence-corrected chi connectivity index (χ3v) is 8.26. The van der Waals surface area contributed by atoms with Gasteiger partial charge in [-0.2, -0.15) is 0 Å². The Bertz CT molecular complexity index is 2680. The highest BCUT2D eigenvalue weighted by Gasteiger charge is 2.16. The minimum atomic E-state index is -0.0741. The van der Waals surface area contributed by atoms with Crippen LogP contribution in [0, 0.1) is 0 Å². The number of hydrogen-bond acceptors (Lipinski definition) is 1. The second-order valence-corrected chi connectivity index (χ2v) is 10.6. The predicted molar refractivity (Wildman–Crippen MR) is 175 cm³/mol. The molecule has 9 rings (SSSR count). The highest BCUT2D eigenvalue weighted by Crippen LogP contribution is 2.42. The number of benzene rings is 8. The predicted octanol–water partition coefficient (Wildman–Crippen LogP) is 11.5. The van der Waals surface area contributed by atoms with Gasteiger partial charge in [-0.3, -0.25) is 0 Å². The third kappa shape index (κ3) is 3.36. The molecule has 0 bridgehead atoms. The van der Waals surface area contributed by atoms with Crippen molar-refractivity contribution in [1.29, 1.82) is 0 Å². The van der Waals surface area contributed by atoms with Crippen LogP contribution in [0.1, 0.15) is 5.48 Å². The van der Waals surface area contributed by atoms with Crippen molar-refractivity contribution in [1.82, 2.24) is 0 Å². The van der Waals surface area contributed by atoms with Gasteiger partial charge in [0.2, 0.25) is 0 Å². The molecule has 1 aromatic heterocycles. The van der Waals surface area contributed by atoms with E-state index in [0.29, 0.717) is 16.7 Å². The Kier molecular flexibility index (Phi) is 3.92. The van der Waals surface area contributed by atoms with E-state index in [1.807, 2.05) is 78.9 Å². The van der Waals surface area contributed by atoms with Gasteiger partial charge in [-0.1, -0.05) is 121 Å². The first-order valence-electron chi connectivity index (χ1n) is 15.8. The maximum Gasteiger partial charge on any atom is 0.136 e. The summed E-state index contributed by atoms with van der Waals surface area (Å²) in [7, 11) is 0. The number of hydrogen-bond donors (Lipinski definition) is 0. The van der Waals surface area contributed by atoms with Crippen LogP contribution in [0.2, 0.25) is 0 Å². The van der Waals surface area contributed by atoms with E-state index in [1.54, 1.807) is 0 Å². The van der Waals surface area contributed by atoms with Crippen LogP contribution in [0.3, 0.4) is 0 Å². The van der Waals surface area contributed by atoms with Gasteiger partial charge >= 0.3 is 0 Å². The van der Waals surface area contributed by atoms with Crippen LogP contribution in [-0.2, 0) is 0 Å². The first kappa shape index (κ1) is 18.8. The molecule has 0 amide bonds. The molecule has 9 aromatic rings. The highest BCUT2D eigenvalue weighted by atomic mass is 16.3. The summed E-state index contributed by atoms with van der Waals surface area (Å²) < 4.78 is 43.9. The Labute approximate surface area is 242 Å². The molecule has 0 saturated carbocycles. The van der Waals surface area contributed by atoms with Gasteiger partial charge in [0.15, 0.2) is 0 Å². The Morgan fingerprint density at radius 2 is 1.07 bits per heavy atom. The molecule has 0 aliphatic heterocycles. The lowest BCUT2D eigenvalue weighted by Crippen LogP contribution is -1.88. The molecule has 0 N–H and O–H groups in total. The van der Waals surface area contributed by atoms with E-state index in [2.05, 4.69) is 42.5 Å². The quantitative estimate of drug-likeness (QED) is 0.162. The van der Waals surface area contributed by atoms with Crippen LogP contribution >= 0.6 is 0 Å². The minimum Gasteiger partial charge on any atom is -0.456 e. The molecule has 0 spiro atoms. The van der Waals surface area contributed by atoms with Gasteiger partial charge in [0, 0.05) is 10.8 Å². The van der Waals surface area contributed by atoms with Crippen molar-refractivity contribution in [2.45, 2.75) is 0 Å². The van der Waals surface area contributed by atoms with Crippen LogP contribution in [-0.4, -0.2) is 0 Å². The highest BCUT2D eigenvalue weighted by molar-refractivity contribution is 6.22. The van der Waals surface area contributed by atoms with Crippen molar-refractivity contribution >= 4 is 65.0 Å². The van der Waals surface area contributed by atoms with Crippen molar-refractivity contribution in [2.24, 2.45) is 0 Å². The number of fused-ring (bicyclic) bond motifs is 8. The average molecular weight is 525 g/mol. The average Bonchev–Trinajstić information content (AvgIpc) is 3.44. The summed E-state index contributed by atoms with van der Waals surface area (Å²) in [6.07, 6.45) is 0. The van der Waals surface area contributed by atoms with Gasteiger partial charge in [-0.15, -0.1) is 0 Å². The zero-order valence-corrected chi connectivity index (χ0v) is 22.0. The zero-order valence-electron chi connectivity index (χ0n) is 26.0. The van der Waals surface area contributed by atoms with Gasteiger partial charge in [-0.05, 0) is 89.6 Å². The van der Waals surface area contributed by atoms with Crippen LogP contribution in [0.5, 0.6) is 0 Å². The Morgan fingerprint density at radius 1 is 0.415 bits per heavy atom. The zero-order chi connectivity index (χ0) is 30.4. The summed E-state index contributed by atoms with van der Waals surface area (Å²) in [5.41, 5.74) is 3.29. The van der Waals surface area contributed by atoms with E-state index in [4.69, 9.17) is 4.42 Å². The van der Waals surface area contributed by atoms with E-state index < -0.39 is 0 Å². The molecule has 190 valence electrons. The van der Waals surface area contributed by atoms with E-state index in [0.717, 1.165) is 65.0 Å². The maximum absolute atomic E-state index is 9.45. The second-order valence-electron chi connectivity index (χ2n) is 10.6. The second kappa shape index (κ2) is 8.55. The number of furan rings is 1. The SMILES string of the molecule is [2H]c1c([2H])c(-c2cccc3oc4cc5ccccc5cc4c23)c([2H])c([2H])c1-c1c2ccccc2cc2ccc3ccccc3c12. The van der Waals surface area contributed by atoms with Crippen molar-refractivity contribution in [3.63, 3.8) is 0 Å². The first-order valence-corrected chi connectivity index (χ1v) is 13.8. The van der Waals surface area contributed by atoms with Gasteiger partial charge in [-0.25, -0.2) is 0 Å². The van der Waals surface area contributed by atoms with E-state index in [9.17, 15) is 5.48 Å². The molecule has 41 heavy (non-hydrogen) atoms. The van der Waals surface area contributed by atoms with Crippen molar-refractivity contribution in [2.75, 3.05) is 0 Å².